The minimum atomic E-state index is -3.56. The Morgan fingerprint density at radius 3 is 2.60 bits per heavy atom. The van der Waals surface area contributed by atoms with Crippen molar-refractivity contribution >= 4 is 27.3 Å². The number of piperazine rings is 1. The number of pyridine rings is 1. The van der Waals surface area contributed by atoms with Gasteiger partial charge in [-0.1, -0.05) is 0 Å². The van der Waals surface area contributed by atoms with Crippen LogP contribution in [0.1, 0.15) is 11.4 Å². The van der Waals surface area contributed by atoms with Gasteiger partial charge in [-0.25, -0.2) is 13.4 Å². The number of hydrogen-bond acceptors (Lipinski definition) is 7. The van der Waals surface area contributed by atoms with Gasteiger partial charge in [-0.05, 0) is 26.0 Å². The summed E-state index contributed by atoms with van der Waals surface area (Å²) in [5.41, 5.74) is 2.23. The van der Waals surface area contributed by atoms with Gasteiger partial charge in [0.1, 0.15) is 4.90 Å². The van der Waals surface area contributed by atoms with Gasteiger partial charge >= 0.3 is 0 Å². The van der Waals surface area contributed by atoms with Gasteiger partial charge in [0, 0.05) is 32.4 Å². The molecule has 0 aromatic carbocycles. The quantitative estimate of drug-likeness (QED) is 0.742. The minimum absolute atomic E-state index is 0.270. The second kappa shape index (κ2) is 5.81. The molecule has 1 saturated heterocycles. The first-order valence-electron chi connectivity index (χ1n) is 7.95. The standard InChI is InChI=1S/C15H18N6O3S/c1-10-13(11(2)19-18-10)25(22,23)21-8-6-20(7-9-21)15-17-14-12(24-15)4-3-5-16-14/h3-5H,6-9H2,1-2H3,(H,18,19). The number of nitrogens with one attached hydrogen (secondary N) is 1. The van der Waals surface area contributed by atoms with E-state index in [-0.39, 0.29) is 4.90 Å². The molecule has 3 aromatic heterocycles. The third kappa shape index (κ3) is 2.67. The Morgan fingerprint density at radius 2 is 1.96 bits per heavy atom. The molecule has 1 aliphatic rings. The van der Waals surface area contributed by atoms with Crippen molar-refractivity contribution in [2.45, 2.75) is 18.7 Å². The molecule has 9 nitrogen and oxygen atoms in total. The molecule has 0 atom stereocenters. The molecule has 10 heteroatoms. The van der Waals surface area contributed by atoms with Crippen molar-refractivity contribution in [3.05, 3.63) is 29.7 Å². The summed E-state index contributed by atoms with van der Waals surface area (Å²) >= 11 is 0. The highest BCUT2D eigenvalue weighted by Gasteiger charge is 2.33. The molecule has 0 radical (unpaired) electrons. The smallest absolute Gasteiger partial charge is 0.300 e. The maximum Gasteiger partial charge on any atom is 0.300 e. The lowest BCUT2D eigenvalue weighted by molar-refractivity contribution is 0.373. The Hall–Kier alpha value is -2.46. The Morgan fingerprint density at radius 1 is 1.20 bits per heavy atom. The molecule has 0 spiro atoms. The Kier molecular flexibility index (Phi) is 3.73. The van der Waals surface area contributed by atoms with E-state index < -0.39 is 10.0 Å². The van der Waals surface area contributed by atoms with Crippen molar-refractivity contribution in [3.63, 3.8) is 0 Å². The lowest BCUT2D eigenvalue weighted by Gasteiger charge is -2.33. The Bertz CT molecular complexity index is 964. The van der Waals surface area contributed by atoms with E-state index in [0.717, 1.165) is 0 Å². The fraction of sp³-hybridized carbons (Fsp3) is 0.400. The summed E-state index contributed by atoms with van der Waals surface area (Å²) in [6.07, 6.45) is 1.66. The summed E-state index contributed by atoms with van der Waals surface area (Å²) in [6.45, 7) is 5.13. The number of nitrogens with zero attached hydrogens (tertiary/aromatic N) is 5. The van der Waals surface area contributed by atoms with E-state index in [9.17, 15) is 8.42 Å². The van der Waals surface area contributed by atoms with Crippen molar-refractivity contribution in [1.29, 1.82) is 0 Å². The average molecular weight is 362 g/mol. The van der Waals surface area contributed by atoms with Crippen LogP contribution in [0.15, 0.2) is 27.6 Å². The molecule has 1 N–H and O–H groups in total. The van der Waals surface area contributed by atoms with Gasteiger partial charge in [0.25, 0.3) is 6.01 Å². The normalized spacial score (nSPS) is 16.6. The summed E-state index contributed by atoms with van der Waals surface area (Å²) in [6, 6.07) is 4.07. The molecule has 1 aliphatic heterocycles. The highest BCUT2D eigenvalue weighted by molar-refractivity contribution is 7.89. The molecule has 3 aromatic rings. The third-order valence-electron chi connectivity index (χ3n) is 4.32. The number of aromatic nitrogens is 4. The fourth-order valence-corrected chi connectivity index (χ4v) is 4.82. The monoisotopic (exact) mass is 362 g/mol. The van der Waals surface area contributed by atoms with Crippen LogP contribution in [0.3, 0.4) is 0 Å². The maximum atomic E-state index is 12.9. The molecule has 25 heavy (non-hydrogen) atoms. The second-order valence-corrected chi connectivity index (χ2v) is 7.85. The molecule has 1 fully saturated rings. The molecular formula is C15H18N6O3S. The summed E-state index contributed by atoms with van der Waals surface area (Å²) < 4.78 is 32.9. The lowest BCUT2D eigenvalue weighted by Crippen LogP contribution is -2.49. The number of fused-ring (bicyclic) bond motifs is 1. The van der Waals surface area contributed by atoms with Gasteiger partial charge in [0.2, 0.25) is 15.7 Å². The van der Waals surface area contributed by atoms with Crippen LogP contribution in [0.25, 0.3) is 11.2 Å². The van der Waals surface area contributed by atoms with E-state index >= 15 is 0 Å². The van der Waals surface area contributed by atoms with E-state index in [1.165, 1.54) is 4.31 Å². The summed E-state index contributed by atoms with van der Waals surface area (Å²) in [5.74, 6) is 0. The molecular weight excluding hydrogens is 344 g/mol. The largest absolute Gasteiger partial charge is 0.422 e. The topological polar surface area (TPSA) is 108 Å². The predicted octanol–water partition coefficient (Wildman–Crippen LogP) is 1.07. The summed E-state index contributed by atoms with van der Waals surface area (Å²) in [4.78, 5) is 10.7. The molecule has 4 rings (SSSR count). The number of oxazole rings is 1. The number of anilines is 1. The molecule has 0 saturated carbocycles. The number of hydrogen-bond donors (Lipinski definition) is 1. The van der Waals surface area contributed by atoms with Crippen molar-refractivity contribution in [1.82, 2.24) is 24.5 Å². The number of rotatable bonds is 3. The van der Waals surface area contributed by atoms with Gasteiger partial charge in [0.15, 0.2) is 5.58 Å². The van der Waals surface area contributed by atoms with Crippen LogP contribution < -0.4 is 4.90 Å². The second-order valence-electron chi connectivity index (χ2n) is 5.98. The van der Waals surface area contributed by atoms with E-state index in [2.05, 4.69) is 20.2 Å². The molecule has 4 heterocycles. The highest BCUT2D eigenvalue weighted by atomic mass is 32.2. The van der Waals surface area contributed by atoms with Crippen LogP contribution in [0, 0.1) is 13.8 Å². The summed E-state index contributed by atoms with van der Waals surface area (Å²) in [7, 11) is -3.56. The van der Waals surface area contributed by atoms with E-state index in [1.807, 2.05) is 11.0 Å². The van der Waals surface area contributed by atoms with Crippen LogP contribution in [0.4, 0.5) is 6.01 Å². The zero-order valence-corrected chi connectivity index (χ0v) is 14.7. The number of sulfonamides is 1. The first-order chi connectivity index (χ1) is 12.0. The number of H-pyrrole nitrogens is 1. The first kappa shape index (κ1) is 16.0. The van der Waals surface area contributed by atoms with Crippen LogP contribution in [-0.4, -0.2) is 59.1 Å². The molecule has 0 unspecified atom stereocenters. The van der Waals surface area contributed by atoms with E-state index in [4.69, 9.17) is 4.42 Å². The predicted molar refractivity (Wildman–Crippen MR) is 90.8 cm³/mol. The molecule has 0 bridgehead atoms. The zero-order valence-electron chi connectivity index (χ0n) is 13.9. The number of aromatic amines is 1. The fourth-order valence-electron chi connectivity index (χ4n) is 3.06. The van der Waals surface area contributed by atoms with Crippen LogP contribution in [0.2, 0.25) is 0 Å². The highest BCUT2D eigenvalue weighted by Crippen LogP contribution is 2.25. The van der Waals surface area contributed by atoms with Crippen molar-refractivity contribution < 1.29 is 12.8 Å². The third-order valence-corrected chi connectivity index (χ3v) is 6.48. The lowest BCUT2D eigenvalue weighted by atomic mass is 10.4. The van der Waals surface area contributed by atoms with Crippen molar-refractivity contribution in [2.75, 3.05) is 31.1 Å². The van der Waals surface area contributed by atoms with Gasteiger partial charge in [0.05, 0.1) is 11.4 Å². The molecule has 0 aliphatic carbocycles. The van der Waals surface area contributed by atoms with E-state index in [0.29, 0.717) is 54.8 Å². The minimum Gasteiger partial charge on any atom is -0.422 e. The van der Waals surface area contributed by atoms with Crippen molar-refractivity contribution in [2.24, 2.45) is 0 Å². The molecule has 0 amide bonds. The number of aryl methyl sites for hydroxylation is 2. The van der Waals surface area contributed by atoms with E-state index in [1.54, 1.807) is 26.1 Å². The SMILES string of the molecule is Cc1n[nH]c(C)c1S(=O)(=O)N1CCN(c2nc3ncccc3o2)CC1. The van der Waals surface area contributed by atoms with Gasteiger partial charge < -0.3 is 9.32 Å². The van der Waals surface area contributed by atoms with Crippen LogP contribution >= 0.6 is 0 Å². The van der Waals surface area contributed by atoms with Crippen molar-refractivity contribution in [3.8, 4) is 0 Å². The zero-order chi connectivity index (χ0) is 17.6. The van der Waals surface area contributed by atoms with Gasteiger partial charge in [-0.2, -0.15) is 14.4 Å². The molecule has 132 valence electrons. The summed E-state index contributed by atoms with van der Waals surface area (Å²) in [5, 5.41) is 6.72. The van der Waals surface area contributed by atoms with Gasteiger partial charge in [-0.3, -0.25) is 5.10 Å². The maximum absolute atomic E-state index is 12.9. The average Bonchev–Trinajstić information content (AvgIpc) is 3.18. The van der Waals surface area contributed by atoms with Crippen LogP contribution in [-0.2, 0) is 10.0 Å². The Balaban J connectivity index is 1.53. The van der Waals surface area contributed by atoms with Crippen LogP contribution in [0.5, 0.6) is 0 Å². The van der Waals surface area contributed by atoms with Gasteiger partial charge in [-0.15, -0.1) is 0 Å². The Labute approximate surface area is 144 Å². The first-order valence-corrected chi connectivity index (χ1v) is 9.39.